The Morgan fingerprint density at radius 3 is 2.17 bits per heavy atom. The van der Waals surface area contributed by atoms with Gasteiger partial charge < -0.3 is 25.4 Å². The smallest absolute Gasteiger partial charge is 0.408 e. The van der Waals surface area contributed by atoms with Gasteiger partial charge in [0.2, 0.25) is 5.91 Å². The van der Waals surface area contributed by atoms with E-state index in [0.29, 0.717) is 11.3 Å². The number of carbonyl (C=O) groups is 3. The van der Waals surface area contributed by atoms with Gasteiger partial charge in [-0.1, -0.05) is 30.3 Å². The van der Waals surface area contributed by atoms with Crippen molar-refractivity contribution < 1.29 is 24.2 Å². The fraction of sp³-hybridized carbons (Fsp3) is 0.444. The standard InChI is InChI=1S/C27H35N3O5/c1-17-8-6-9-18(2)23(17)29-25(33)24(19-12-14-21(31)15-13-19)30(20-10-7-11-20)22(32)16-28-26(34)35-27(3,4)5/h6,8-9,12-15,20,24,31H,7,10-11,16H2,1-5H3,(H,28,34)(H,29,33). The van der Waals surface area contributed by atoms with E-state index in [0.717, 1.165) is 30.4 Å². The van der Waals surface area contributed by atoms with E-state index in [2.05, 4.69) is 10.6 Å². The lowest BCUT2D eigenvalue weighted by Crippen LogP contribution is -2.53. The summed E-state index contributed by atoms with van der Waals surface area (Å²) in [7, 11) is 0. The SMILES string of the molecule is Cc1cccc(C)c1NC(=O)C(c1ccc(O)cc1)N(C(=O)CNC(=O)OC(C)(C)C)C1CCC1. The number of amides is 3. The number of anilines is 1. The van der Waals surface area contributed by atoms with E-state index in [1.54, 1.807) is 37.8 Å². The molecule has 0 bridgehead atoms. The van der Waals surface area contributed by atoms with Gasteiger partial charge in [0, 0.05) is 11.7 Å². The zero-order valence-electron chi connectivity index (χ0n) is 21.1. The van der Waals surface area contributed by atoms with Crippen molar-refractivity contribution in [2.24, 2.45) is 0 Å². The van der Waals surface area contributed by atoms with Gasteiger partial charge in [0.05, 0.1) is 0 Å². The summed E-state index contributed by atoms with van der Waals surface area (Å²) < 4.78 is 5.25. The number of benzene rings is 2. The molecule has 35 heavy (non-hydrogen) atoms. The van der Waals surface area contributed by atoms with E-state index in [1.165, 1.54) is 12.1 Å². The third kappa shape index (κ3) is 6.74. The van der Waals surface area contributed by atoms with Crippen molar-refractivity contribution in [3.63, 3.8) is 0 Å². The number of nitrogens with zero attached hydrogens (tertiary/aromatic N) is 1. The molecule has 2 aromatic rings. The number of ether oxygens (including phenoxy) is 1. The van der Waals surface area contributed by atoms with Crippen LogP contribution in [0.4, 0.5) is 10.5 Å². The van der Waals surface area contributed by atoms with Gasteiger partial charge in [-0.25, -0.2) is 4.79 Å². The molecule has 0 spiro atoms. The number of phenolic OH excluding ortho intramolecular Hbond substituents is 1. The summed E-state index contributed by atoms with van der Waals surface area (Å²) >= 11 is 0. The number of para-hydroxylation sites is 1. The maximum atomic E-state index is 13.7. The molecule has 8 nitrogen and oxygen atoms in total. The second-order valence-corrected chi connectivity index (χ2v) is 9.99. The van der Waals surface area contributed by atoms with Crippen LogP contribution in [0.1, 0.15) is 62.8 Å². The fourth-order valence-corrected chi connectivity index (χ4v) is 4.07. The molecular weight excluding hydrogens is 446 g/mol. The number of aromatic hydroxyl groups is 1. The minimum absolute atomic E-state index is 0.0655. The summed E-state index contributed by atoms with van der Waals surface area (Å²) in [5, 5.41) is 15.3. The second-order valence-electron chi connectivity index (χ2n) is 9.99. The van der Waals surface area contributed by atoms with Gasteiger partial charge in [-0.05, 0) is 82.7 Å². The molecule has 1 fully saturated rings. The predicted octanol–water partition coefficient (Wildman–Crippen LogP) is 4.59. The van der Waals surface area contributed by atoms with Crippen LogP contribution in [-0.4, -0.2) is 46.1 Å². The van der Waals surface area contributed by atoms with Gasteiger partial charge in [0.25, 0.3) is 5.91 Å². The Hall–Kier alpha value is -3.55. The van der Waals surface area contributed by atoms with E-state index in [-0.39, 0.29) is 30.2 Å². The summed E-state index contributed by atoms with van der Waals surface area (Å²) in [6, 6.07) is 11.0. The molecule has 1 aliphatic rings. The highest BCUT2D eigenvalue weighted by molar-refractivity contribution is 5.99. The summed E-state index contributed by atoms with van der Waals surface area (Å²) in [5.41, 5.74) is 2.41. The molecule has 1 aliphatic carbocycles. The van der Waals surface area contributed by atoms with Crippen molar-refractivity contribution in [2.75, 3.05) is 11.9 Å². The van der Waals surface area contributed by atoms with Crippen molar-refractivity contribution in [1.82, 2.24) is 10.2 Å². The molecule has 3 amide bonds. The third-order valence-electron chi connectivity index (χ3n) is 6.00. The second kappa shape index (κ2) is 10.8. The van der Waals surface area contributed by atoms with Gasteiger partial charge in [0.1, 0.15) is 23.9 Å². The molecule has 188 valence electrons. The normalized spacial score (nSPS) is 14.4. The summed E-state index contributed by atoms with van der Waals surface area (Å²) in [4.78, 5) is 40.9. The molecule has 8 heteroatoms. The molecule has 0 saturated heterocycles. The first-order valence-electron chi connectivity index (χ1n) is 11.9. The molecule has 1 unspecified atom stereocenters. The minimum atomic E-state index is -0.937. The Kier molecular flexibility index (Phi) is 8.04. The summed E-state index contributed by atoms with van der Waals surface area (Å²) in [6.07, 6.45) is 1.79. The quantitative estimate of drug-likeness (QED) is 0.536. The van der Waals surface area contributed by atoms with Crippen LogP contribution < -0.4 is 10.6 Å². The Morgan fingerprint density at radius 1 is 1.06 bits per heavy atom. The molecule has 0 radical (unpaired) electrons. The van der Waals surface area contributed by atoms with Crippen LogP contribution in [0, 0.1) is 13.8 Å². The number of alkyl carbamates (subject to hydrolysis) is 1. The Bertz CT molecular complexity index is 1050. The largest absolute Gasteiger partial charge is 0.508 e. The minimum Gasteiger partial charge on any atom is -0.508 e. The first kappa shape index (κ1) is 26.1. The first-order valence-corrected chi connectivity index (χ1v) is 11.9. The van der Waals surface area contributed by atoms with Crippen molar-refractivity contribution in [3.8, 4) is 5.75 Å². The van der Waals surface area contributed by atoms with E-state index in [4.69, 9.17) is 4.74 Å². The van der Waals surface area contributed by atoms with Crippen molar-refractivity contribution in [2.45, 2.75) is 71.6 Å². The van der Waals surface area contributed by atoms with Crippen LogP contribution >= 0.6 is 0 Å². The van der Waals surface area contributed by atoms with Gasteiger partial charge in [0.15, 0.2) is 0 Å². The first-order chi connectivity index (χ1) is 16.5. The molecule has 3 rings (SSSR count). The van der Waals surface area contributed by atoms with E-state index < -0.39 is 17.7 Å². The topological polar surface area (TPSA) is 108 Å². The number of rotatable bonds is 7. The molecular formula is C27H35N3O5. The highest BCUT2D eigenvalue weighted by atomic mass is 16.6. The van der Waals surface area contributed by atoms with Gasteiger partial charge >= 0.3 is 6.09 Å². The lowest BCUT2D eigenvalue weighted by atomic mass is 9.88. The molecule has 3 N–H and O–H groups in total. The number of nitrogens with one attached hydrogen (secondary N) is 2. The van der Waals surface area contributed by atoms with Crippen LogP contribution in [0.15, 0.2) is 42.5 Å². The van der Waals surface area contributed by atoms with Crippen LogP contribution in [-0.2, 0) is 14.3 Å². The third-order valence-corrected chi connectivity index (χ3v) is 6.00. The zero-order valence-corrected chi connectivity index (χ0v) is 21.1. The van der Waals surface area contributed by atoms with Crippen LogP contribution in [0.2, 0.25) is 0 Å². The van der Waals surface area contributed by atoms with Crippen LogP contribution in [0.5, 0.6) is 5.75 Å². The van der Waals surface area contributed by atoms with E-state index in [9.17, 15) is 19.5 Å². The van der Waals surface area contributed by atoms with Gasteiger partial charge in [-0.15, -0.1) is 0 Å². The Morgan fingerprint density at radius 2 is 1.66 bits per heavy atom. The van der Waals surface area contributed by atoms with Gasteiger partial charge in [-0.2, -0.15) is 0 Å². The monoisotopic (exact) mass is 481 g/mol. The van der Waals surface area contributed by atoms with Crippen molar-refractivity contribution >= 4 is 23.6 Å². The highest BCUT2D eigenvalue weighted by Crippen LogP contribution is 2.34. The Balaban J connectivity index is 1.91. The molecule has 0 heterocycles. The lowest BCUT2D eigenvalue weighted by molar-refractivity contribution is -0.143. The molecule has 1 atom stereocenters. The maximum absolute atomic E-state index is 13.7. The lowest BCUT2D eigenvalue weighted by Gasteiger charge is -2.42. The molecule has 0 aromatic heterocycles. The molecule has 2 aromatic carbocycles. The number of aryl methyl sites for hydroxylation is 2. The zero-order chi connectivity index (χ0) is 25.8. The number of hydrogen-bond donors (Lipinski definition) is 3. The highest BCUT2D eigenvalue weighted by Gasteiger charge is 2.39. The average molecular weight is 482 g/mol. The van der Waals surface area contributed by atoms with Gasteiger partial charge in [-0.3, -0.25) is 9.59 Å². The van der Waals surface area contributed by atoms with E-state index in [1.807, 2.05) is 32.0 Å². The van der Waals surface area contributed by atoms with Crippen molar-refractivity contribution in [3.05, 3.63) is 59.2 Å². The van der Waals surface area contributed by atoms with Crippen LogP contribution in [0.25, 0.3) is 0 Å². The summed E-state index contributed by atoms with van der Waals surface area (Å²) in [5.74, 6) is -0.670. The summed E-state index contributed by atoms with van der Waals surface area (Å²) in [6.45, 7) is 8.77. The maximum Gasteiger partial charge on any atom is 0.408 e. The fourth-order valence-electron chi connectivity index (χ4n) is 4.07. The number of hydrogen-bond acceptors (Lipinski definition) is 5. The average Bonchev–Trinajstić information content (AvgIpc) is 2.73. The predicted molar refractivity (Wildman–Crippen MR) is 134 cm³/mol. The molecule has 0 aliphatic heterocycles. The van der Waals surface area contributed by atoms with E-state index >= 15 is 0 Å². The number of phenols is 1. The number of carbonyl (C=O) groups excluding carboxylic acids is 3. The Labute approximate surface area is 206 Å². The van der Waals surface area contributed by atoms with Crippen molar-refractivity contribution in [1.29, 1.82) is 0 Å². The molecule has 1 saturated carbocycles. The van der Waals surface area contributed by atoms with Crippen LogP contribution in [0.3, 0.4) is 0 Å².